The fourth-order valence-electron chi connectivity index (χ4n) is 2.83. The minimum absolute atomic E-state index is 0.0736. The van der Waals surface area contributed by atoms with Crippen molar-refractivity contribution in [1.82, 2.24) is 5.32 Å². The molecule has 3 rings (SSSR count). The van der Waals surface area contributed by atoms with Crippen molar-refractivity contribution in [3.8, 4) is 5.75 Å². The van der Waals surface area contributed by atoms with Gasteiger partial charge in [0.2, 0.25) is 0 Å². The number of anilines is 1. The zero-order valence-electron chi connectivity index (χ0n) is 17.2. The normalized spacial score (nSPS) is 10.9. The first-order valence-electron chi connectivity index (χ1n) is 9.45. The maximum absolute atomic E-state index is 13.2. The molecule has 10 heteroatoms. The van der Waals surface area contributed by atoms with Gasteiger partial charge in [-0.05, 0) is 54.1 Å². The predicted molar refractivity (Wildman–Crippen MR) is 122 cm³/mol. The fourth-order valence-corrected chi connectivity index (χ4v) is 3.00. The van der Waals surface area contributed by atoms with Gasteiger partial charge in [-0.1, -0.05) is 23.7 Å². The van der Waals surface area contributed by atoms with Gasteiger partial charge in [-0.3, -0.25) is 19.7 Å². The van der Waals surface area contributed by atoms with Crippen molar-refractivity contribution in [1.29, 1.82) is 0 Å². The Morgan fingerprint density at radius 1 is 1.09 bits per heavy atom. The Hall–Kier alpha value is -4.24. The number of nitro groups is 1. The average molecular weight is 470 g/mol. The van der Waals surface area contributed by atoms with Crippen LogP contribution in [0, 0.1) is 15.9 Å². The van der Waals surface area contributed by atoms with Crippen molar-refractivity contribution in [2.45, 2.75) is 0 Å². The van der Waals surface area contributed by atoms with Gasteiger partial charge in [0.1, 0.15) is 17.3 Å². The van der Waals surface area contributed by atoms with Crippen LogP contribution >= 0.6 is 11.6 Å². The van der Waals surface area contributed by atoms with Crippen LogP contribution in [-0.2, 0) is 4.79 Å². The van der Waals surface area contributed by atoms with Crippen LogP contribution in [-0.4, -0.2) is 23.8 Å². The smallest absolute Gasteiger partial charge is 0.272 e. The molecule has 0 saturated carbocycles. The highest BCUT2D eigenvalue weighted by Crippen LogP contribution is 2.23. The maximum Gasteiger partial charge on any atom is 0.272 e. The minimum atomic E-state index is -0.734. The molecule has 0 atom stereocenters. The predicted octanol–water partition coefficient (Wildman–Crippen LogP) is 4.81. The summed E-state index contributed by atoms with van der Waals surface area (Å²) in [7, 11) is 1.38. The van der Waals surface area contributed by atoms with E-state index in [1.54, 1.807) is 0 Å². The van der Waals surface area contributed by atoms with Gasteiger partial charge in [-0.25, -0.2) is 4.39 Å². The summed E-state index contributed by atoms with van der Waals surface area (Å²) in [4.78, 5) is 36.4. The molecule has 0 unspecified atom stereocenters. The van der Waals surface area contributed by atoms with Crippen LogP contribution in [0.4, 0.5) is 15.8 Å². The molecule has 0 saturated heterocycles. The first kappa shape index (κ1) is 23.4. The fraction of sp³-hybridized carbons (Fsp3) is 0.0435. The molecular formula is C23H17ClFN3O5. The average Bonchev–Trinajstić information content (AvgIpc) is 2.80. The molecule has 3 aromatic rings. The zero-order valence-corrected chi connectivity index (χ0v) is 17.9. The van der Waals surface area contributed by atoms with Gasteiger partial charge in [-0.15, -0.1) is 0 Å². The molecule has 3 aromatic carbocycles. The van der Waals surface area contributed by atoms with E-state index < -0.39 is 22.6 Å². The number of hydrogen-bond acceptors (Lipinski definition) is 5. The van der Waals surface area contributed by atoms with Gasteiger partial charge < -0.3 is 15.4 Å². The Kier molecular flexibility index (Phi) is 7.37. The summed E-state index contributed by atoms with van der Waals surface area (Å²) in [6, 6.07) is 15.0. The monoisotopic (exact) mass is 469 g/mol. The minimum Gasteiger partial charge on any atom is -0.496 e. The number of amides is 2. The van der Waals surface area contributed by atoms with Crippen LogP contribution in [0.5, 0.6) is 5.75 Å². The highest BCUT2D eigenvalue weighted by atomic mass is 35.5. The molecular weight excluding hydrogens is 453 g/mol. The number of non-ortho nitro benzene ring substituents is 1. The second kappa shape index (κ2) is 10.4. The van der Waals surface area contributed by atoms with E-state index in [1.165, 1.54) is 67.8 Å². The first-order valence-corrected chi connectivity index (χ1v) is 9.82. The van der Waals surface area contributed by atoms with Gasteiger partial charge in [0.25, 0.3) is 17.5 Å². The Balaban J connectivity index is 1.97. The number of nitrogens with one attached hydrogen (secondary N) is 2. The zero-order chi connectivity index (χ0) is 24.0. The van der Waals surface area contributed by atoms with Gasteiger partial charge in [0.05, 0.1) is 17.6 Å². The summed E-state index contributed by atoms with van der Waals surface area (Å²) in [5.74, 6) is -1.69. The summed E-state index contributed by atoms with van der Waals surface area (Å²) >= 11 is 5.99. The number of methoxy groups -OCH3 is 1. The van der Waals surface area contributed by atoms with Crippen LogP contribution in [0.25, 0.3) is 6.08 Å². The summed E-state index contributed by atoms with van der Waals surface area (Å²) in [5, 5.41) is 16.4. The third kappa shape index (κ3) is 6.14. The number of benzene rings is 3. The molecule has 0 aliphatic rings. The molecule has 0 aliphatic heterocycles. The van der Waals surface area contributed by atoms with Crippen LogP contribution < -0.4 is 15.4 Å². The molecule has 0 spiro atoms. The van der Waals surface area contributed by atoms with Crippen molar-refractivity contribution in [3.63, 3.8) is 0 Å². The molecule has 2 N–H and O–H groups in total. The van der Waals surface area contributed by atoms with Gasteiger partial charge in [0, 0.05) is 22.8 Å². The topological polar surface area (TPSA) is 111 Å². The van der Waals surface area contributed by atoms with Crippen molar-refractivity contribution in [3.05, 3.63) is 105 Å². The third-order valence-corrected chi connectivity index (χ3v) is 4.63. The second-order valence-corrected chi connectivity index (χ2v) is 7.11. The van der Waals surface area contributed by atoms with Gasteiger partial charge in [0.15, 0.2) is 0 Å². The standard InChI is InChI=1S/C23H17ClFN3O5/c1-33-21-10-5-15(24)13-19(21)22(29)27-20(12-14-3-2-4-18(11-14)28(31)32)23(30)26-17-8-6-16(25)7-9-17/h2-13H,1H3,(H,26,30)(H,27,29)/b20-12+. The molecule has 0 fully saturated rings. The van der Waals surface area contributed by atoms with E-state index >= 15 is 0 Å². The highest BCUT2D eigenvalue weighted by molar-refractivity contribution is 6.31. The Bertz CT molecular complexity index is 1250. The SMILES string of the molecule is COc1ccc(Cl)cc1C(=O)N/C(=C/c1cccc([N+](=O)[O-])c1)C(=O)Nc1ccc(F)cc1. The van der Waals surface area contributed by atoms with E-state index in [-0.39, 0.29) is 33.4 Å². The van der Waals surface area contributed by atoms with E-state index in [2.05, 4.69) is 10.6 Å². The van der Waals surface area contributed by atoms with Gasteiger partial charge in [-0.2, -0.15) is 0 Å². The summed E-state index contributed by atoms with van der Waals surface area (Å²) in [6.45, 7) is 0. The number of carbonyl (C=O) groups is 2. The number of rotatable bonds is 7. The number of nitro benzene ring substituents is 1. The van der Waals surface area contributed by atoms with E-state index in [1.807, 2.05) is 0 Å². The van der Waals surface area contributed by atoms with Crippen molar-refractivity contribution in [2.75, 3.05) is 12.4 Å². The maximum atomic E-state index is 13.2. The lowest BCUT2D eigenvalue weighted by molar-refractivity contribution is -0.384. The largest absolute Gasteiger partial charge is 0.496 e. The van der Waals surface area contributed by atoms with E-state index in [0.29, 0.717) is 5.56 Å². The molecule has 2 amide bonds. The molecule has 168 valence electrons. The van der Waals surface area contributed by atoms with E-state index in [9.17, 15) is 24.1 Å². The molecule has 0 radical (unpaired) electrons. The molecule has 0 heterocycles. The number of carbonyl (C=O) groups excluding carboxylic acids is 2. The molecule has 33 heavy (non-hydrogen) atoms. The number of ether oxygens (including phenoxy) is 1. The number of hydrogen-bond donors (Lipinski definition) is 2. The van der Waals surface area contributed by atoms with Crippen molar-refractivity contribution < 1.29 is 23.6 Å². The van der Waals surface area contributed by atoms with Gasteiger partial charge >= 0.3 is 0 Å². The van der Waals surface area contributed by atoms with Crippen molar-refractivity contribution >= 4 is 40.9 Å². The van der Waals surface area contributed by atoms with Crippen LogP contribution in [0.3, 0.4) is 0 Å². The van der Waals surface area contributed by atoms with Crippen LogP contribution in [0.1, 0.15) is 15.9 Å². The van der Waals surface area contributed by atoms with Crippen LogP contribution in [0.2, 0.25) is 5.02 Å². The summed E-state index contributed by atoms with van der Waals surface area (Å²) in [6.07, 6.45) is 1.28. The molecule has 0 bridgehead atoms. The second-order valence-electron chi connectivity index (χ2n) is 6.67. The Morgan fingerprint density at radius 3 is 2.48 bits per heavy atom. The van der Waals surface area contributed by atoms with Crippen molar-refractivity contribution in [2.24, 2.45) is 0 Å². The van der Waals surface area contributed by atoms with E-state index in [4.69, 9.17) is 16.3 Å². The van der Waals surface area contributed by atoms with E-state index in [0.717, 1.165) is 12.1 Å². The Morgan fingerprint density at radius 2 is 1.82 bits per heavy atom. The third-order valence-electron chi connectivity index (χ3n) is 4.39. The Labute approximate surface area is 192 Å². The molecule has 0 aliphatic carbocycles. The first-order chi connectivity index (χ1) is 15.8. The van der Waals surface area contributed by atoms with Crippen LogP contribution in [0.15, 0.2) is 72.4 Å². The summed E-state index contributed by atoms with van der Waals surface area (Å²) < 4.78 is 18.4. The number of halogens is 2. The summed E-state index contributed by atoms with van der Waals surface area (Å²) in [5.41, 5.74) is 0.244. The lowest BCUT2D eigenvalue weighted by Gasteiger charge is -2.13. The molecule has 0 aromatic heterocycles. The quantitative estimate of drug-likeness (QED) is 0.293. The molecule has 8 nitrogen and oxygen atoms in total. The number of nitrogens with zero attached hydrogens (tertiary/aromatic N) is 1. The highest BCUT2D eigenvalue weighted by Gasteiger charge is 2.19. The lowest BCUT2D eigenvalue weighted by Crippen LogP contribution is -2.31. The lowest BCUT2D eigenvalue weighted by atomic mass is 10.1.